The van der Waals surface area contributed by atoms with Gasteiger partial charge in [0.25, 0.3) is 11.1 Å². The van der Waals surface area contributed by atoms with Gasteiger partial charge in [0.1, 0.15) is 0 Å². The predicted molar refractivity (Wildman–Crippen MR) is 88.5 cm³/mol. The molecule has 22 heavy (non-hydrogen) atoms. The van der Waals surface area contributed by atoms with Crippen molar-refractivity contribution in [3.05, 3.63) is 28.7 Å². The molecule has 2 rings (SSSR count). The average molecular weight is 345 g/mol. The largest absolute Gasteiger partial charge is 0.493 e. The molecule has 6 nitrogen and oxygen atoms in total. The van der Waals surface area contributed by atoms with Crippen LogP contribution in [0.25, 0.3) is 6.08 Å². The molecule has 0 spiro atoms. The minimum absolute atomic E-state index is 0. The molecule has 2 N–H and O–H groups in total. The molecule has 0 aliphatic carbocycles. The summed E-state index contributed by atoms with van der Waals surface area (Å²) in [4.78, 5) is 25.3. The van der Waals surface area contributed by atoms with E-state index < -0.39 is 0 Å². The van der Waals surface area contributed by atoms with E-state index in [-0.39, 0.29) is 36.6 Å². The number of amides is 2. The van der Waals surface area contributed by atoms with Crippen molar-refractivity contribution in [1.29, 1.82) is 0 Å². The van der Waals surface area contributed by atoms with Crippen LogP contribution in [-0.2, 0) is 4.79 Å². The first kappa shape index (κ1) is 18.3. The van der Waals surface area contributed by atoms with Gasteiger partial charge in [-0.25, -0.2) is 0 Å². The maximum Gasteiger partial charge on any atom is 0.293 e. The van der Waals surface area contributed by atoms with Gasteiger partial charge in [0, 0.05) is 13.1 Å². The lowest BCUT2D eigenvalue weighted by molar-refractivity contribution is -0.122. The van der Waals surface area contributed by atoms with Crippen molar-refractivity contribution < 1.29 is 19.1 Å². The minimum Gasteiger partial charge on any atom is -0.493 e. The summed E-state index contributed by atoms with van der Waals surface area (Å²) in [5.74, 6) is 0.851. The van der Waals surface area contributed by atoms with E-state index in [2.05, 4.69) is 0 Å². The number of nitrogens with two attached hydrogens (primary N) is 1. The van der Waals surface area contributed by atoms with E-state index in [0.29, 0.717) is 16.4 Å². The fourth-order valence-electron chi connectivity index (χ4n) is 1.92. The van der Waals surface area contributed by atoms with E-state index in [1.165, 1.54) is 7.11 Å². The van der Waals surface area contributed by atoms with Crippen molar-refractivity contribution in [2.75, 3.05) is 27.3 Å². The van der Waals surface area contributed by atoms with Gasteiger partial charge >= 0.3 is 0 Å². The lowest BCUT2D eigenvalue weighted by atomic mass is 10.2. The number of methoxy groups -OCH3 is 2. The highest BCUT2D eigenvalue weighted by atomic mass is 35.5. The number of nitrogens with zero attached hydrogens (tertiary/aromatic N) is 1. The zero-order valence-corrected chi connectivity index (χ0v) is 13.8. The second-order valence-electron chi connectivity index (χ2n) is 4.24. The Morgan fingerprint density at radius 2 is 1.91 bits per heavy atom. The Kier molecular flexibility index (Phi) is 6.73. The number of carbonyl (C=O) groups excluding carboxylic acids is 2. The normalized spacial score (nSPS) is 16.0. The third-order valence-corrected chi connectivity index (χ3v) is 3.84. The molecule has 0 unspecified atom stereocenters. The van der Waals surface area contributed by atoms with E-state index in [4.69, 9.17) is 15.2 Å². The molecule has 1 aromatic rings. The van der Waals surface area contributed by atoms with Crippen LogP contribution >= 0.6 is 24.2 Å². The molecule has 2 amide bonds. The monoisotopic (exact) mass is 344 g/mol. The summed E-state index contributed by atoms with van der Waals surface area (Å²) in [6, 6.07) is 5.28. The Labute approximate surface area is 139 Å². The first-order valence-corrected chi connectivity index (χ1v) is 7.09. The van der Waals surface area contributed by atoms with Gasteiger partial charge in [-0.05, 0) is 35.5 Å². The highest BCUT2D eigenvalue weighted by molar-refractivity contribution is 8.18. The molecule has 0 saturated carbocycles. The van der Waals surface area contributed by atoms with Crippen molar-refractivity contribution >= 4 is 41.4 Å². The second-order valence-corrected chi connectivity index (χ2v) is 5.23. The number of thioether (sulfide) groups is 1. The Balaban J connectivity index is 0.00000242. The van der Waals surface area contributed by atoms with Gasteiger partial charge in [0.05, 0.1) is 19.1 Å². The van der Waals surface area contributed by atoms with Gasteiger partial charge in [0.15, 0.2) is 11.5 Å². The fourth-order valence-corrected chi connectivity index (χ4v) is 2.78. The molecular weight excluding hydrogens is 328 g/mol. The Morgan fingerprint density at radius 3 is 2.50 bits per heavy atom. The zero-order chi connectivity index (χ0) is 15.4. The van der Waals surface area contributed by atoms with Crippen LogP contribution in [0.5, 0.6) is 11.5 Å². The SMILES string of the molecule is COc1ccc(/C=C2/SC(=O)N(CCN)C2=O)cc1OC.Cl. The molecule has 1 heterocycles. The summed E-state index contributed by atoms with van der Waals surface area (Å²) in [5.41, 5.74) is 6.15. The Hall–Kier alpha value is -1.70. The number of hydrogen-bond donors (Lipinski definition) is 1. The predicted octanol–water partition coefficient (Wildman–Crippen LogP) is 2.12. The quantitative estimate of drug-likeness (QED) is 0.824. The molecule has 0 aromatic heterocycles. The van der Waals surface area contributed by atoms with Crippen LogP contribution in [0.3, 0.4) is 0 Å². The number of halogens is 1. The van der Waals surface area contributed by atoms with Crippen LogP contribution in [0.4, 0.5) is 4.79 Å². The zero-order valence-electron chi connectivity index (χ0n) is 12.2. The standard InChI is InChI=1S/C14H16N2O4S.ClH/c1-19-10-4-3-9(7-11(10)20-2)8-12-13(17)16(6-5-15)14(18)21-12;/h3-4,7-8H,5-6,15H2,1-2H3;1H/b12-8+;. The summed E-state index contributed by atoms with van der Waals surface area (Å²) in [5, 5.41) is -0.294. The smallest absolute Gasteiger partial charge is 0.293 e. The fraction of sp³-hybridized carbons (Fsp3) is 0.286. The number of imide groups is 1. The Morgan fingerprint density at radius 1 is 1.23 bits per heavy atom. The van der Waals surface area contributed by atoms with Crippen molar-refractivity contribution in [1.82, 2.24) is 4.90 Å². The average Bonchev–Trinajstić information content (AvgIpc) is 2.75. The van der Waals surface area contributed by atoms with Gasteiger partial charge in [-0.3, -0.25) is 14.5 Å². The van der Waals surface area contributed by atoms with Gasteiger partial charge < -0.3 is 15.2 Å². The summed E-state index contributed by atoms with van der Waals surface area (Å²) < 4.78 is 10.4. The first-order valence-electron chi connectivity index (χ1n) is 6.28. The molecule has 8 heteroatoms. The molecule has 0 radical (unpaired) electrons. The number of ether oxygens (including phenoxy) is 2. The molecular formula is C14H17ClN2O4S. The third-order valence-electron chi connectivity index (χ3n) is 2.93. The van der Waals surface area contributed by atoms with Crippen LogP contribution in [0.1, 0.15) is 5.56 Å². The molecule has 1 saturated heterocycles. The molecule has 1 aliphatic heterocycles. The third kappa shape index (κ3) is 3.73. The van der Waals surface area contributed by atoms with Crippen LogP contribution in [0, 0.1) is 0 Å². The minimum atomic E-state index is -0.315. The molecule has 1 fully saturated rings. The summed E-state index contributed by atoms with van der Waals surface area (Å²) in [7, 11) is 3.09. The number of benzene rings is 1. The molecule has 1 aliphatic rings. The molecule has 0 bridgehead atoms. The first-order chi connectivity index (χ1) is 10.1. The van der Waals surface area contributed by atoms with Crippen molar-refractivity contribution in [2.45, 2.75) is 0 Å². The van der Waals surface area contributed by atoms with Crippen LogP contribution in [-0.4, -0.2) is 43.4 Å². The second kappa shape index (κ2) is 8.07. The van der Waals surface area contributed by atoms with Crippen molar-refractivity contribution in [3.8, 4) is 11.5 Å². The van der Waals surface area contributed by atoms with E-state index in [1.54, 1.807) is 31.4 Å². The van der Waals surface area contributed by atoms with Gasteiger partial charge in [-0.2, -0.15) is 0 Å². The van der Waals surface area contributed by atoms with E-state index in [9.17, 15) is 9.59 Å². The molecule has 120 valence electrons. The van der Waals surface area contributed by atoms with Crippen molar-refractivity contribution in [2.24, 2.45) is 5.73 Å². The summed E-state index contributed by atoms with van der Waals surface area (Å²) >= 11 is 0.911. The maximum absolute atomic E-state index is 12.1. The highest BCUT2D eigenvalue weighted by Gasteiger charge is 2.34. The molecule has 1 aromatic carbocycles. The Bertz CT molecular complexity index is 607. The van der Waals surface area contributed by atoms with E-state index in [0.717, 1.165) is 22.2 Å². The van der Waals surface area contributed by atoms with Crippen LogP contribution in [0.2, 0.25) is 0 Å². The number of hydrogen-bond acceptors (Lipinski definition) is 6. The number of rotatable bonds is 5. The molecule has 0 atom stereocenters. The highest BCUT2D eigenvalue weighted by Crippen LogP contribution is 2.34. The summed E-state index contributed by atoms with van der Waals surface area (Å²) in [6.07, 6.45) is 1.66. The maximum atomic E-state index is 12.1. The number of carbonyl (C=O) groups is 2. The van der Waals surface area contributed by atoms with Gasteiger partial charge in [-0.1, -0.05) is 6.07 Å². The summed E-state index contributed by atoms with van der Waals surface area (Å²) in [6.45, 7) is 0.482. The lowest BCUT2D eigenvalue weighted by Gasteiger charge is -2.09. The van der Waals surface area contributed by atoms with Crippen molar-refractivity contribution in [3.63, 3.8) is 0 Å². The van der Waals surface area contributed by atoms with Crippen LogP contribution < -0.4 is 15.2 Å². The van der Waals surface area contributed by atoms with E-state index >= 15 is 0 Å². The van der Waals surface area contributed by atoms with Gasteiger partial charge in [0.2, 0.25) is 0 Å². The van der Waals surface area contributed by atoms with Gasteiger partial charge in [-0.15, -0.1) is 12.4 Å². The van der Waals surface area contributed by atoms with Crippen LogP contribution in [0.15, 0.2) is 23.1 Å². The lowest BCUT2D eigenvalue weighted by Crippen LogP contribution is -2.33. The van der Waals surface area contributed by atoms with E-state index in [1.807, 2.05) is 0 Å². The topological polar surface area (TPSA) is 81.9 Å².